The highest BCUT2D eigenvalue weighted by Gasteiger charge is 2.40. The number of hydrogen-bond acceptors (Lipinski definition) is 4. The number of nitrogens with one attached hydrogen (secondary N) is 2. The Hall–Kier alpha value is 0.0300. The van der Waals surface area contributed by atoms with E-state index in [1.54, 1.807) is 7.11 Å². The highest BCUT2D eigenvalue weighted by atomic mass is 35.5. The lowest BCUT2D eigenvalue weighted by Crippen LogP contribution is -2.52. The molecule has 6 heteroatoms. The van der Waals surface area contributed by atoms with E-state index >= 15 is 0 Å². The molecule has 0 aromatic carbocycles. The van der Waals surface area contributed by atoms with Crippen molar-refractivity contribution in [1.82, 2.24) is 10.6 Å². The first kappa shape index (κ1) is 18.1. The van der Waals surface area contributed by atoms with E-state index in [-0.39, 0.29) is 28.5 Å². The molecular formula is C14H27ClN2O2S. The van der Waals surface area contributed by atoms with E-state index < -0.39 is 0 Å². The van der Waals surface area contributed by atoms with E-state index in [2.05, 4.69) is 17.6 Å². The average Bonchev–Trinajstić information content (AvgIpc) is 2.85. The zero-order chi connectivity index (χ0) is 13.8. The molecule has 0 aromatic heterocycles. The molecule has 1 unspecified atom stereocenters. The quantitative estimate of drug-likeness (QED) is 0.811. The third-order valence-corrected chi connectivity index (χ3v) is 5.92. The molecule has 0 aromatic rings. The minimum Gasteiger partial charge on any atom is -0.384 e. The van der Waals surface area contributed by atoms with E-state index in [9.17, 15) is 4.79 Å². The standard InChI is InChI=1S/C14H26N2O2S.ClH/c1-13(4-3-9-19-13)10-16-12(17)14(11-18-2)5-7-15-8-6-14;/h15H,3-11H2,1-2H3,(H,16,17);1H. The maximum Gasteiger partial charge on any atom is 0.228 e. The number of halogens is 1. The predicted molar refractivity (Wildman–Crippen MR) is 86.8 cm³/mol. The predicted octanol–water partition coefficient (Wildman–Crippen LogP) is 1.83. The van der Waals surface area contributed by atoms with Gasteiger partial charge < -0.3 is 15.4 Å². The maximum atomic E-state index is 12.6. The summed E-state index contributed by atoms with van der Waals surface area (Å²) in [7, 11) is 1.69. The van der Waals surface area contributed by atoms with Gasteiger partial charge in [-0.05, 0) is 51.4 Å². The number of carbonyl (C=O) groups excluding carboxylic acids is 1. The summed E-state index contributed by atoms with van der Waals surface area (Å²) < 4.78 is 5.54. The van der Waals surface area contributed by atoms with E-state index in [0.29, 0.717) is 6.61 Å². The van der Waals surface area contributed by atoms with Crippen LogP contribution in [0.15, 0.2) is 0 Å². The molecule has 0 bridgehead atoms. The molecule has 2 fully saturated rings. The molecule has 1 amide bonds. The van der Waals surface area contributed by atoms with Gasteiger partial charge in [0.15, 0.2) is 0 Å². The van der Waals surface area contributed by atoms with Gasteiger partial charge in [0.05, 0.1) is 12.0 Å². The van der Waals surface area contributed by atoms with Crippen LogP contribution in [0.2, 0.25) is 0 Å². The first-order valence-corrected chi connectivity index (χ1v) is 8.21. The fourth-order valence-corrected chi connectivity index (χ4v) is 4.29. The van der Waals surface area contributed by atoms with Crippen LogP contribution in [0.25, 0.3) is 0 Å². The van der Waals surface area contributed by atoms with Crippen LogP contribution in [-0.2, 0) is 9.53 Å². The van der Waals surface area contributed by atoms with Gasteiger partial charge in [-0.3, -0.25) is 4.79 Å². The van der Waals surface area contributed by atoms with Crippen molar-refractivity contribution in [2.24, 2.45) is 5.41 Å². The molecule has 2 heterocycles. The van der Waals surface area contributed by atoms with Crippen LogP contribution >= 0.6 is 24.2 Å². The van der Waals surface area contributed by atoms with E-state index in [4.69, 9.17) is 4.74 Å². The van der Waals surface area contributed by atoms with Crippen molar-refractivity contribution in [3.8, 4) is 0 Å². The highest BCUT2D eigenvalue weighted by Crippen LogP contribution is 2.37. The number of methoxy groups -OCH3 is 1. The Kier molecular flexibility index (Phi) is 7.12. The number of ether oxygens (including phenoxy) is 1. The summed E-state index contributed by atoms with van der Waals surface area (Å²) in [5.74, 6) is 1.41. The lowest BCUT2D eigenvalue weighted by molar-refractivity contribution is -0.136. The minimum absolute atomic E-state index is 0. The number of carbonyl (C=O) groups is 1. The van der Waals surface area contributed by atoms with Crippen molar-refractivity contribution in [2.45, 2.75) is 37.4 Å². The van der Waals surface area contributed by atoms with Crippen LogP contribution in [-0.4, -0.2) is 49.8 Å². The number of amides is 1. The molecule has 2 rings (SSSR count). The Labute approximate surface area is 132 Å². The Morgan fingerprint density at radius 3 is 2.60 bits per heavy atom. The maximum absolute atomic E-state index is 12.6. The number of piperidine rings is 1. The minimum atomic E-state index is -0.320. The van der Waals surface area contributed by atoms with Crippen molar-refractivity contribution < 1.29 is 9.53 Å². The van der Waals surface area contributed by atoms with Gasteiger partial charge in [-0.2, -0.15) is 11.8 Å². The monoisotopic (exact) mass is 322 g/mol. The third kappa shape index (κ3) is 4.26. The number of rotatable bonds is 5. The summed E-state index contributed by atoms with van der Waals surface area (Å²) in [5.41, 5.74) is -0.320. The van der Waals surface area contributed by atoms with E-state index in [0.717, 1.165) is 32.5 Å². The Morgan fingerprint density at radius 1 is 1.35 bits per heavy atom. The lowest BCUT2D eigenvalue weighted by Gasteiger charge is -2.36. The SMILES string of the molecule is COCC1(C(=O)NCC2(C)CCCS2)CCNCC1.Cl. The largest absolute Gasteiger partial charge is 0.384 e. The summed E-state index contributed by atoms with van der Waals surface area (Å²) in [6, 6.07) is 0. The molecule has 2 aliphatic rings. The highest BCUT2D eigenvalue weighted by molar-refractivity contribution is 8.00. The summed E-state index contributed by atoms with van der Waals surface area (Å²) >= 11 is 1.99. The van der Waals surface area contributed by atoms with Gasteiger partial charge >= 0.3 is 0 Å². The molecule has 0 radical (unpaired) electrons. The smallest absolute Gasteiger partial charge is 0.228 e. The zero-order valence-corrected chi connectivity index (χ0v) is 14.1. The van der Waals surface area contributed by atoms with E-state index in [1.165, 1.54) is 18.6 Å². The first-order chi connectivity index (χ1) is 9.10. The van der Waals surface area contributed by atoms with Gasteiger partial charge in [0.25, 0.3) is 0 Å². The average molecular weight is 323 g/mol. The molecule has 1 atom stereocenters. The fourth-order valence-electron chi connectivity index (χ4n) is 3.05. The summed E-state index contributed by atoms with van der Waals surface area (Å²) in [5, 5.41) is 6.51. The lowest BCUT2D eigenvalue weighted by atomic mass is 9.78. The Morgan fingerprint density at radius 2 is 2.05 bits per heavy atom. The van der Waals surface area contributed by atoms with Gasteiger partial charge in [-0.1, -0.05) is 0 Å². The Bertz CT molecular complexity index is 311. The fraction of sp³-hybridized carbons (Fsp3) is 0.929. The summed E-state index contributed by atoms with van der Waals surface area (Å²) in [6.45, 7) is 5.39. The molecular weight excluding hydrogens is 296 g/mol. The van der Waals surface area contributed by atoms with Gasteiger partial charge in [0.1, 0.15) is 0 Å². The molecule has 2 saturated heterocycles. The number of thioether (sulfide) groups is 1. The van der Waals surface area contributed by atoms with E-state index in [1.807, 2.05) is 11.8 Å². The van der Waals surface area contributed by atoms with Gasteiger partial charge in [0.2, 0.25) is 5.91 Å². The van der Waals surface area contributed by atoms with Crippen LogP contribution < -0.4 is 10.6 Å². The molecule has 0 aliphatic carbocycles. The molecule has 0 spiro atoms. The summed E-state index contributed by atoms with van der Waals surface area (Å²) in [4.78, 5) is 12.6. The first-order valence-electron chi connectivity index (χ1n) is 7.22. The van der Waals surface area contributed by atoms with Gasteiger partial charge in [0, 0.05) is 18.4 Å². The van der Waals surface area contributed by atoms with Crippen molar-refractivity contribution in [2.75, 3.05) is 39.1 Å². The molecule has 2 aliphatic heterocycles. The van der Waals surface area contributed by atoms with Crippen molar-refractivity contribution >= 4 is 30.1 Å². The van der Waals surface area contributed by atoms with Gasteiger partial charge in [-0.15, -0.1) is 12.4 Å². The summed E-state index contributed by atoms with van der Waals surface area (Å²) in [6.07, 6.45) is 4.22. The van der Waals surface area contributed by atoms with Crippen LogP contribution in [0.4, 0.5) is 0 Å². The van der Waals surface area contributed by atoms with Crippen LogP contribution in [0.3, 0.4) is 0 Å². The third-order valence-electron chi connectivity index (χ3n) is 4.39. The van der Waals surface area contributed by atoms with Crippen LogP contribution in [0.1, 0.15) is 32.6 Å². The number of hydrogen-bond donors (Lipinski definition) is 2. The second-order valence-corrected chi connectivity index (χ2v) is 7.73. The van der Waals surface area contributed by atoms with Crippen LogP contribution in [0.5, 0.6) is 0 Å². The molecule has 118 valence electrons. The van der Waals surface area contributed by atoms with Crippen molar-refractivity contribution in [3.05, 3.63) is 0 Å². The second-order valence-electron chi connectivity index (χ2n) is 6.05. The Balaban J connectivity index is 0.00000200. The second kappa shape index (κ2) is 7.87. The molecule has 20 heavy (non-hydrogen) atoms. The molecule has 2 N–H and O–H groups in total. The zero-order valence-electron chi connectivity index (χ0n) is 12.5. The topological polar surface area (TPSA) is 50.4 Å². The normalized spacial score (nSPS) is 28.7. The van der Waals surface area contributed by atoms with Gasteiger partial charge in [-0.25, -0.2) is 0 Å². The molecule has 4 nitrogen and oxygen atoms in total. The van der Waals surface area contributed by atoms with Crippen LogP contribution in [0, 0.1) is 5.41 Å². The molecule has 0 saturated carbocycles. The van der Waals surface area contributed by atoms with Crippen molar-refractivity contribution in [1.29, 1.82) is 0 Å². The van der Waals surface area contributed by atoms with Crippen molar-refractivity contribution in [3.63, 3.8) is 0 Å².